The monoisotopic (exact) mass is 327 g/mol. The predicted octanol–water partition coefficient (Wildman–Crippen LogP) is 6.71. The minimum Gasteiger partial charge on any atom is -0.330 e. The standard InChI is InChI=1S/C20H41NS/c1-3-4-5-6-7-8-9-10-11-12-13-14-15-16-17-20(2)22-19-18-21/h10-11,20H,3-9,12-19,21H2,1-2H3. The van der Waals surface area contributed by atoms with Crippen molar-refractivity contribution in [2.75, 3.05) is 12.3 Å². The third-order valence-corrected chi connectivity index (χ3v) is 5.42. The Hall–Kier alpha value is 0.0500. The van der Waals surface area contributed by atoms with Crippen molar-refractivity contribution in [1.82, 2.24) is 0 Å². The molecule has 1 atom stereocenters. The van der Waals surface area contributed by atoms with Gasteiger partial charge in [0, 0.05) is 17.5 Å². The molecule has 0 saturated carbocycles. The van der Waals surface area contributed by atoms with Gasteiger partial charge in [0.15, 0.2) is 0 Å². The molecule has 1 nitrogen and oxygen atoms in total. The van der Waals surface area contributed by atoms with E-state index in [1.54, 1.807) is 0 Å². The lowest BCUT2D eigenvalue weighted by molar-refractivity contribution is 0.608. The Morgan fingerprint density at radius 1 is 0.818 bits per heavy atom. The van der Waals surface area contributed by atoms with Crippen LogP contribution < -0.4 is 5.73 Å². The Labute approximate surface area is 144 Å². The van der Waals surface area contributed by atoms with Crippen LogP contribution in [0.15, 0.2) is 12.2 Å². The Kier molecular flexibility index (Phi) is 19.1. The first kappa shape index (κ1) is 22.1. The molecule has 0 spiro atoms. The zero-order valence-electron chi connectivity index (χ0n) is 15.3. The minimum atomic E-state index is 0.792. The van der Waals surface area contributed by atoms with Gasteiger partial charge in [-0.2, -0.15) is 11.8 Å². The minimum absolute atomic E-state index is 0.792. The number of rotatable bonds is 17. The summed E-state index contributed by atoms with van der Waals surface area (Å²) in [7, 11) is 0. The third kappa shape index (κ3) is 18.1. The fourth-order valence-electron chi connectivity index (χ4n) is 2.68. The van der Waals surface area contributed by atoms with Gasteiger partial charge < -0.3 is 5.73 Å². The Balaban J connectivity index is 3.14. The van der Waals surface area contributed by atoms with Gasteiger partial charge in [-0.1, -0.05) is 77.4 Å². The summed E-state index contributed by atoms with van der Waals surface area (Å²) in [6, 6.07) is 0. The molecular weight excluding hydrogens is 286 g/mol. The molecule has 0 aliphatic carbocycles. The van der Waals surface area contributed by atoms with Crippen LogP contribution in [0, 0.1) is 0 Å². The lowest BCUT2D eigenvalue weighted by Crippen LogP contribution is -2.05. The molecule has 132 valence electrons. The SMILES string of the molecule is CCCCCCCCC=CCCCCCCC(C)SCCN. The average Bonchev–Trinajstić information content (AvgIpc) is 2.53. The van der Waals surface area contributed by atoms with Gasteiger partial charge in [0.25, 0.3) is 0 Å². The van der Waals surface area contributed by atoms with Crippen molar-refractivity contribution in [2.24, 2.45) is 5.73 Å². The topological polar surface area (TPSA) is 26.0 Å². The molecule has 0 aromatic carbocycles. The molecule has 0 fully saturated rings. The van der Waals surface area contributed by atoms with E-state index in [-0.39, 0.29) is 0 Å². The summed E-state index contributed by atoms with van der Waals surface area (Å²) in [6.45, 7) is 5.44. The largest absolute Gasteiger partial charge is 0.330 e. The van der Waals surface area contributed by atoms with Crippen LogP contribution in [-0.2, 0) is 0 Å². The van der Waals surface area contributed by atoms with Crippen molar-refractivity contribution in [3.05, 3.63) is 12.2 Å². The van der Waals surface area contributed by atoms with Crippen LogP contribution in [0.25, 0.3) is 0 Å². The molecular formula is C20H41NS. The third-order valence-electron chi connectivity index (χ3n) is 4.14. The zero-order chi connectivity index (χ0) is 16.3. The molecule has 0 amide bonds. The number of nitrogens with two attached hydrogens (primary N) is 1. The second kappa shape index (κ2) is 19.1. The van der Waals surface area contributed by atoms with Gasteiger partial charge in [0.05, 0.1) is 0 Å². The van der Waals surface area contributed by atoms with Crippen molar-refractivity contribution in [3.63, 3.8) is 0 Å². The van der Waals surface area contributed by atoms with E-state index < -0.39 is 0 Å². The van der Waals surface area contributed by atoms with Crippen LogP contribution in [0.3, 0.4) is 0 Å². The summed E-state index contributed by atoms with van der Waals surface area (Å²) in [6.07, 6.45) is 22.8. The number of thioether (sulfide) groups is 1. The molecule has 0 aliphatic rings. The van der Waals surface area contributed by atoms with Crippen LogP contribution in [0.5, 0.6) is 0 Å². The van der Waals surface area contributed by atoms with E-state index in [2.05, 4.69) is 26.0 Å². The zero-order valence-corrected chi connectivity index (χ0v) is 16.1. The Morgan fingerprint density at radius 2 is 1.36 bits per heavy atom. The maximum Gasteiger partial charge on any atom is 0.00585 e. The second-order valence-electron chi connectivity index (χ2n) is 6.49. The van der Waals surface area contributed by atoms with Crippen LogP contribution in [0.2, 0.25) is 0 Å². The molecule has 0 bridgehead atoms. The van der Waals surface area contributed by atoms with Crippen LogP contribution in [-0.4, -0.2) is 17.5 Å². The molecule has 22 heavy (non-hydrogen) atoms. The van der Waals surface area contributed by atoms with Gasteiger partial charge in [-0.3, -0.25) is 0 Å². The van der Waals surface area contributed by atoms with E-state index in [1.165, 1.54) is 83.5 Å². The maximum atomic E-state index is 5.53. The van der Waals surface area contributed by atoms with Crippen molar-refractivity contribution in [1.29, 1.82) is 0 Å². The van der Waals surface area contributed by atoms with Crippen molar-refractivity contribution in [3.8, 4) is 0 Å². The lowest BCUT2D eigenvalue weighted by atomic mass is 10.1. The van der Waals surface area contributed by atoms with Gasteiger partial charge in [0.1, 0.15) is 0 Å². The van der Waals surface area contributed by atoms with Gasteiger partial charge in [-0.25, -0.2) is 0 Å². The summed E-state index contributed by atoms with van der Waals surface area (Å²) in [5.41, 5.74) is 5.53. The first-order valence-electron chi connectivity index (χ1n) is 9.78. The first-order valence-corrected chi connectivity index (χ1v) is 10.8. The van der Waals surface area contributed by atoms with Gasteiger partial charge >= 0.3 is 0 Å². The fourth-order valence-corrected chi connectivity index (χ4v) is 3.55. The molecule has 2 N–H and O–H groups in total. The Morgan fingerprint density at radius 3 is 1.95 bits per heavy atom. The highest BCUT2D eigenvalue weighted by molar-refractivity contribution is 7.99. The highest BCUT2D eigenvalue weighted by atomic mass is 32.2. The normalized spacial score (nSPS) is 13.0. The van der Waals surface area contributed by atoms with Crippen LogP contribution >= 0.6 is 11.8 Å². The number of allylic oxidation sites excluding steroid dienone is 2. The second-order valence-corrected chi connectivity index (χ2v) is 8.04. The molecule has 2 heteroatoms. The highest BCUT2D eigenvalue weighted by Crippen LogP contribution is 2.17. The fraction of sp³-hybridized carbons (Fsp3) is 0.900. The summed E-state index contributed by atoms with van der Waals surface area (Å²) < 4.78 is 0. The smallest absolute Gasteiger partial charge is 0.00585 e. The van der Waals surface area contributed by atoms with E-state index in [9.17, 15) is 0 Å². The van der Waals surface area contributed by atoms with Gasteiger partial charge in [-0.15, -0.1) is 0 Å². The van der Waals surface area contributed by atoms with Gasteiger partial charge in [0.2, 0.25) is 0 Å². The number of hydrogen-bond donors (Lipinski definition) is 1. The average molecular weight is 328 g/mol. The van der Waals surface area contributed by atoms with E-state index in [4.69, 9.17) is 5.73 Å². The number of hydrogen-bond acceptors (Lipinski definition) is 2. The Bertz CT molecular complexity index is 228. The van der Waals surface area contributed by atoms with Crippen LogP contribution in [0.4, 0.5) is 0 Å². The predicted molar refractivity (Wildman–Crippen MR) is 106 cm³/mol. The van der Waals surface area contributed by atoms with Gasteiger partial charge in [-0.05, 0) is 32.1 Å². The van der Waals surface area contributed by atoms with Crippen molar-refractivity contribution in [2.45, 2.75) is 103 Å². The molecule has 0 saturated heterocycles. The molecule has 0 heterocycles. The maximum absolute atomic E-state index is 5.53. The number of unbranched alkanes of at least 4 members (excludes halogenated alkanes) is 10. The first-order chi connectivity index (χ1) is 10.8. The van der Waals surface area contributed by atoms with E-state index in [0.29, 0.717) is 0 Å². The summed E-state index contributed by atoms with van der Waals surface area (Å²) >= 11 is 2.03. The van der Waals surface area contributed by atoms with E-state index >= 15 is 0 Å². The molecule has 0 aromatic heterocycles. The highest BCUT2D eigenvalue weighted by Gasteiger charge is 2.00. The molecule has 0 radical (unpaired) electrons. The van der Waals surface area contributed by atoms with Crippen molar-refractivity contribution < 1.29 is 0 Å². The summed E-state index contributed by atoms with van der Waals surface area (Å²) in [4.78, 5) is 0. The van der Waals surface area contributed by atoms with E-state index in [1.807, 2.05) is 11.8 Å². The molecule has 0 aliphatic heterocycles. The summed E-state index contributed by atoms with van der Waals surface area (Å²) in [5, 5.41) is 0.792. The molecule has 0 rings (SSSR count). The van der Waals surface area contributed by atoms with Crippen molar-refractivity contribution >= 4 is 11.8 Å². The van der Waals surface area contributed by atoms with E-state index in [0.717, 1.165) is 17.5 Å². The molecule has 0 aromatic rings. The molecule has 1 unspecified atom stereocenters. The summed E-state index contributed by atoms with van der Waals surface area (Å²) in [5.74, 6) is 1.12. The van der Waals surface area contributed by atoms with Crippen LogP contribution in [0.1, 0.15) is 97.3 Å². The lowest BCUT2D eigenvalue weighted by Gasteiger charge is -2.09. The quantitative estimate of drug-likeness (QED) is 0.237.